The molecule has 1 aromatic heterocycles. The van der Waals surface area contributed by atoms with Gasteiger partial charge in [0.2, 0.25) is 0 Å². The quantitative estimate of drug-likeness (QED) is 0.838. The maximum absolute atomic E-state index is 12.7. The lowest BCUT2D eigenvalue weighted by Gasteiger charge is -2.35. The standard InChI is InChI=1S/C14H25N3O2S2/c1-11-7-8-14(20-11)12(2)16-21(18,19)17-9-5-4-6-13(17)10-15-3/h7-8,12-13,15-16H,4-6,9-10H2,1-3H3. The van der Waals surface area contributed by atoms with Gasteiger partial charge in [0.05, 0.1) is 6.04 Å². The summed E-state index contributed by atoms with van der Waals surface area (Å²) in [4.78, 5) is 2.25. The van der Waals surface area contributed by atoms with Gasteiger partial charge in [0.15, 0.2) is 0 Å². The van der Waals surface area contributed by atoms with E-state index in [1.54, 1.807) is 15.6 Å². The smallest absolute Gasteiger partial charge is 0.280 e. The van der Waals surface area contributed by atoms with Crippen LogP contribution in [0.15, 0.2) is 12.1 Å². The predicted molar refractivity (Wildman–Crippen MR) is 87.8 cm³/mol. The monoisotopic (exact) mass is 331 g/mol. The van der Waals surface area contributed by atoms with Crippen molar-refractivity contribution in [1.29, 1.82) is 0 Å². The predicted octanol–water partition coefficient (Wildman–Crippen LogP) is 2.03. The summed E-state index contributed by atoms with van der Waals surface area (Å²) in [5.41, 5.74) is 0. The first-order valence-corrected chi connectivity index (χ1v) is 9.69. The highest BCUT2D eigenvalue weighted by Crippen LogP contribution is 2.25. The largest absolute Gasteiger partial charge is 0.318 e. The lowest BCUT2D eigenvalue weighted by atomic mass is 10.1. The van der Waals surface area contributed by atoms with Gasteiger partial charge in [-0.05, 0) is 45.9 Å². The zero-order chi connectivity index (χ0) is 15.5. The molecule has 1 aliphatic rings. The summed E-state index contributed by atoms with van der Waals surface area (Å²) in [5, 5.41) is 3.10. The van der Waals surface area contributed by atoms with E-state index < -0.39 is 10.2 Å². The van der Waals surface area contributed by atoms with Crippen LogP contribution in [0.4, 0.5) is 0 Å². The second-order valence-corrected chi connectivity index (χ2v) is 8.59. The third-order valence-corrected chi connectivity index (χ3v) is 6.77. The van der Waals surface area contributed by atoms with Crippen LogP contribution in [0, 0.1) is 6.92 Å². The number of nitrogens with one attached hydrogen (secondary N) is 2. The number of hydrogen-bond acceptors (Lipinski definition) is 4. The van der Waals surface area contributed by atoms with Crippen LogP contribution < -0.4 is 10.0 Å². The first-order chi connectivity index (χ1) is 9.94. The molecule has 1 aromatic rings. The van der Waals surface area contributed by atoms with Crippen LogP contribution in [0.3, 0.4) is 0 Å². The minimum absolute atomic E-state index is 0.0542. The Balaban J connectivity index is 2.09. The Hall–Kier alpha value is -0.470. The molecule has 1 fully saturated rings. The molecule has 2 rings (SSSR count). The molecule has 2 unspecified atom stereocenters. The Morgan fingerprint density at radius 2 is 2.19 bits per heavy atom. The van der Waals surface area contributed by atoms with Gasteiger partial charge in [-0.1, -0.05) is 6.42 Å². The van der Waals surface area contributed by atoms with E-state index in [0.717, 1.165) is 24.1 Å². The van der Waals surface area contributed by atoms with Gasteiger partial charge >= 0.3 is 0 Å². The van der Waals surface area contributed by atoms with E-state index in [0.29, 0.717) is 13.1 Å². The highest BCUT2D eigenvalue weighted by atomic mass is 32.2. The molecule has 7 heteroatoms. The Morgan fingerprint density at radius 3 is 2.81 bits per heavy atom. The maximum atomic E-state index is 12.7. The number of piperidine rings is 1. The third-order valence-electron chi connectivity index (χ3n) is 3.84. The van der Waals surface area contributed by atoms with Gasteiger partial charge < -0.3 is 5.32 Å². The Bertz CT molecular complexity index is 554. The number of thiophene rings is 1. The van der Waals surface area contributed by atoms with Gasteiger partial charge in [-0.3, -0.25) is 0 Å². The number of aryl methyl sites for hydroxylation is 1. The number of likely N-dealkylation sites (N-methyl/N-ethyl adjacent to an activating group) is 1. The molecule has 0 saturated carbocycles. The molecule has 120 valence electrons. The Kier molecular flexibility index (Phi) is 5.79. The van der Waals surface area contributed by atoms with Gasteiger partial charge in [0.25, 0.3) is 10.2 Å². The summed E-state index contributed by atoms with van der Waals surface area (Å²) in [6.07, 6.45) is 2.96. The fraction of sp³-hybridized carbons (Fsp3) is 0.714. The van der Waals surface area contributed by atoms with E-state index in [1.807, 2.05) is 33.0 Å². The van der Waals surface area contributed by atoms with Crippen LogP contribution in [0.2, 0.25) is 0 Å². The van der Waals surface area contributed by atoms with Crippen LogP contribution in [0.25, 0.3) is 0 Å². The van der Waals surface area contributed by atoms with E-state index in [9.17, 15) is 8.42 Å². The summed E-state index contributed by atoms with van der Waals surface area (Å²) in [5.74, 6) is 0. The second kappa shape index (κ2) is 7.19. The molecule has 0 aliphatic carbocycles. The van der Waals surface area contributed by atoms with E-state index in [1.165, 1.54) is 4.88 Å². The molecule has 2 atom stereocenters. The van der Waals surface area contributed by atoms with Crippen molar-refractivity contribution in [1.82, 2.24) is 14.3 Å². The number of nitrogens with zero attached hydrogens (tertiary/aromatic N) is 1. The first-order valence-electron chi connectivity index (χ1n) is 7.44. The van der Waals surface area contributed by atoms with Crippen LogP contribution >= 0.6 is 11.3 Å². The summed E-state index contributed by atoms with van der Waals surface area (Å²) < 4.78 is 29.8. The van der Waals surface area contributed by atoms with Gasteiger partial charge in [-0.15, -0.1) is 11.3 Å². The molecule has 5 nitrogen and oxygen atoms in total. The molecule has 0 amide bonds. The lowest BCUT2D eigenvalue weighted by molar-refractivity contribution is 0.245. The molecule has 21 heavy (non-hydrogen) atoms. The van der Waals surface area contributed by atoms with Crippen molar-refractivity contribution in [2.45, 2.75) is 45.2 Å². The normalized spacial score (nSPS) is 22.3. The zero-order valence-corrected chi connectivity index (χ0v) is 14.6. The van der Waals surface area contributed by atoms with Crippen LogP contribution in [0.5, 0.6) is 0 Å². The summed E-state index contributed by atoms with van der Waals surface area (Å²) >= 11 is 1.64. The SMILES string of the molecule is CNCC1CCCCN1S(=O)(=O)NC(C)c1ccc(C)s1. The fourth-order valence-electron chi connectivity index (χ4n) is 2.77. The van der Waals surface area contributed by atoms with Crippen molar-refractivity contribution in [2.75, 3.05) is 20.1 Å². The Labute approximate surface area is 131 Å². The molecular formula is C14H25N3O2S2. The van der Waals surface area contributed by atoms with Crippen molar-refractivity contribution in [3.63, 3.8) is 0 Å². The first kappa shape index (κ1) is 16.9. The number of rotatable bonds is 6. The second-order valence-electron chi connectivity index (χ2n) is 5.61. The molecule has 0 aromatic carbocycles. The lowest BCUT2D eigenvalue weighted by Crippen LogP contribution is -2.52. The molecule has 1 saturated heterocycles. The van der Waals surface area contributed by atoms with Gasteiger partial charge in [-0.25, -0.2) is 0 Å². The van der Waals surface area contributed by atoms with E-state index in [-0.39, 0.29) is 12.1 Å². The minimum Gasteiger partial charge on any atom is -0.318 e. The summed E-state index contributed by atoms with van der Waals surface area (Å²) in [6, 6.07) is 3.88. The molecule has 1 aliphatic heterocycles. The summed E-state index contributed by atoms with van der Waals surface area (Å²) in [6.45, 7) is 5.24. The van der Waals surface area contributed by atoms with Gasteiger partial charge in [0, 0.05) is 28.9 Å². The van der Waals surface area contributed by atoms with Crippen LogP contribution in [-0.2, 0) is 10.2 Å². The minimum atomic E-state index is -3.44. The van der Waals surface area contributed by atoms with Crippen LogP contribution in [-0.4, -0.2) is 38.9 Å². The molecule has 2 N–H and O–H groups in total. The highest BCUT2D eigenvalue weighted by molar-refractivity contribution is 7.87. The van der Waals surface area contributed by atoms with E-state index in [4.69, 9.17) is 0 Å². The van der Waals surface area contributed by atoms with Crippen molar-refractivity contribution < 1.29 is 8.42 Å². The average molecular weight is 332 g/mol. The highest BCUT2D eigenvalue weighted by Gasteiger charge is 2.32. The van der Waals surface area contributed by atoms with Gasteiger partial charge in [-0.2, -0.15) is 17.4 Å². The number of hydrogen-bond donors (Lipinski definition) is 2. The maximum Gasteiger partial charge on any atom is 0.280 e. The Morgan fingerprint density at radius 1 is 1.43 bits per heavy atom. The van der Waals surface area contributed by atoms with E-state index >= 15 is 0 Å². The average Bonchev–Trinajstić information content (AvgIpc) is 2.86. The van der Waals surface area contributed by atoms with Crippen LogP contribution in [0.1, 0.15) is 42.0 Å². The molecule has 0 bridgehead atoms. The molecule has 0 spiro atoms. The van der Waals surface area contributed by atoms with Crippen molar-refractivity contribution in [3.8, 4) is 0 Å². The molecule has 0 radical (unpaired) electrons. The summed E-state index contributed by atoms with van der Waals surface area (Å²) in [7, 11) is -1.58. The van der Waals surface area contributed by atoms with Crippen molar-refractivity contribution >= 4 is 21.5 Å². The fourth-order valence-corrected chi connectivity index (χ4v) is 5.37. The van der Waals surface area contributed by atoms with E-state index in [2.05, 4.69) is 10.0 Å². The third kappa shape index (κ3) is 4.26. The molecule has 2 heterocycles. The molecular weight excluding hydrogens is 306 g/mol. The van der Waals surface area contributed by atoms with Crippen molar-refractivity contribution in [3.05, 3.63) is 21.9 Å². The van der Waals surface area contributed by atoms with Gasteiger partial charge in [0.1, 0.15) is 0 Å². The van der Waals surface area contributed by atoms with Crippen molar-refractivity contribution in [2.24, 2.45) is 0 Å². The zero-order valence-electron chi connectivity index (χ0n) is 12.9. The topological polar surface area (TPSA) is 61.4 Å².